The number of aliphatic hydroxyl groups is 1. The molecular formula is C11H12ClF3O. The molecule has 16 heavy (non-hydrogen) atoms. The van der Waals surface area contributed by atoms with Crippen molar-refractivity contribution >= 4 is 11.6 Å². The van der Waals surface area contributed by atoms with Gasteiger partial charge in [0.1, 0.15) is 0 Å². The predicted octanol–water partition coefficient (Wildman–Crippen LogP) is 4.06. The van der Waals surface area contributed by atoms with Gasteiger partial charge in [-0.05, 0) is 17.5 Å². The predicted molar refractivity (Wildman–Crippen MR) is 56.6 cm³/mol. The lowest BCUT2D eigenvalue weighted by Gasteiger charge is -2.17. The van der Waals surface area contributed by atoms with E-state index in [2.05, 4.69) is 0 Å². The maximum atomic E-state index is 12.3. The van der Waals surface area contributed by atoms with Gasteiger partial charge in [-0.3, -0.25) is 0 Å². The third-order valence-corrected chi connectivity index (χ3v) is 2.62. The Kier molecular flexibility index (Phi) is 3.86. The van der Waals surface area contributed by atoms with E-state index in [9.17, 15) is 13.2 Å². The van der Waals surface area contributed by atoms with Crippen molar-refractivity contribution in [2.24, 2.45) is 0 Å². The van der Waals surface area contributed by atoms with Crippen LogP contribution in [0, 0.1) is 0 Å². The van der Waals surface area contributed by atoms with Crippen LogP contribution < -0.4 is 0 Å². The molecule has 0 amide bonds. The monoisotopic (exact) mass is 252 g/mol. The zero-order valence-electron chi connectivity index (χ0n) is 8.85. The molecule has 0 saturated carbocycles. The van der Waals surface area contributed by atoms with Gasteiger partial charge >= 0.3 is 6.18 Å². The van der Waals surface area contributed by atoms with Gasteiger partial charge < -0.3 is 5.11 Å². The minimum absolute atomic E-state index is 0.0592. The van der Waals surface area contributed by atoms with Crippen molar-refractivity contribution in [3.05, 3.63) is 34.3 Å². The molecule has 1 aromatic rings. The first-order valence-electron chi connectivity index (χ1n) is 4.77. The minimum atomic E-state index is -4.69. The smallest absolute Gasteiger partial charge is 0.379 e. The SMILES string of the molecule is CC(C)c1ccc(C(O)C(F)(F)F)c(Cl)c1. The first-order valence-corrected chi connectivity index (χ1v) is 5.15. The summed E-state index contributed by atoms with van der Waals surface area (Å²) in [5.74, 6) is 0.176. The van der Waals surface area contributed by atoms with Crippen molar-refractivity contribution in [2.75, 3.05) is 0 Å². The summed E-state index contributed by atoms with van der Waals surface area (Å²) >= 11 is 5.71. The molecule has 0 saturated heterocycles. The van der Waals surface area contributed by atoms with E-state index in [4.69, 9.17) is 16.7 Å². The topological polar surface area (TPSA) is 20.2 Å². The van der Waals surface area contributed by atoms with Crippen molar-refractivity contribution in [2.45, 2.75) is 32.0 Å². The molecular weight excluding hydrogens is 241 g/mol. The molecule has 0 aliphatic rings. The lowest BCUT2D eigenvalue weighted by molar-refractivity contribution is -0.206. The lowest BCUT2D eigenvalue weighted by Crippen LogP contribution is -2.20. The van der Waals surface area contributed by atoms with Gasteiger partial charge in [0.2, 0.25) is 0 Å². The third-order valence-electron chi connectivity index (χ3n) is 2.30. The molecule has 0 radical (unpaired) electrons. The van der Waals surface area contributed by atoms with Crippen molar-refractivity contribution < 1.29 is 18.3 Å². The molecule has 1 aromatic carbocycles. The van der Waals surface area contributed by atoms with Gasteiger partial charge in [-0.1, -0.05) is 37.6 Å². The second-order valence-corrected chi connectivity index (χ2v) is 4.29. The average Bonchev–Trinajstić information content (AvgIpc) is 2.15. The Morgan fingerprint density at radius 2 is 1.81 bits per heavy atom. The molecule has 0 aromatic heterocycles. The molecule has 5 heteroatoms. The fourth-order valence-corrected chi connectivity index (χ4v) is 1.59. The van der Waals surface area contributed by atoms with E-state index < -0.39 is 12.3 Å². The van der Waals surface area contributed by atoms with Crippen LogP contribution in [0.25, 0.3) is 0 Å². The van der Waals surface area contributed by atoms with E-state index in [0.29, 0.717) is 0 Å². The van der Waals surface area contributed by atoms with Crippen LogP contribution in [0.15, 0.2) is 18.2 Å². The normalized spacial score (nSPS) is 14.2. The molecule has 0 heterocycles. The highest BCUT2D eigenvalue weighted by molar-refractivity contribution is 6.31. The van der Waals surface area contributed by atoms with Crippen LogP contribution in [0.2, 0.25) is 5.02 Å². The number of rotatable bonds is 2. The highest BCUT2D eigenvalue weighted by Crippen LogP contribution is 2.36. The second kappa shape index (κ2) is 4.63. The number of alkyl halides is 3. The summed E-state index contributed by atoms with van der Waals surface area (Å²) < 4.78 is 36.8. The van der Waals surface area contributed by atoms with Crippen LogP contribution in [0.5, 0.6) is 0 Å². The third kappa shape index (κ3) is 2.89. The van der Waals surface area contributed by atoms with Crippen LogP contribution in [0.3, 0.4) is 0 Å². The van der Waals surface area contributed by atoms with Crippen molar-refractivity contribution in [1.29, 1.82) is 0 Å². The lowest BCUT2D eigenvalue weighted by atomic mass is 10.00. The summed E-state index contributed by atoms with van der Waals surface area (Å²) in [7, 11) is 0. The average molecular weight is 253 g/mol. The minimum Gasteiger partial charge on any atom is -0.379 e. The van der Waals surface area contributed by atoms with E-state index in [1.165, 1.54) is 12.1 Å². The Morgan fingerprint density at radius 3 is 2.19 bits per heavy atom. The van der Waals surface area contributed by atoms with Crippen molar-refractivity contribution in [3.63, 3.8) is 0 Å². The number of benzene rings is 1. The molecule has 1 N–H and O–H groups in total. The summed E-state index contributed by atoms with van der Waals surface area (Å²) in [5, 5.41) is 9.00. The van der Waals surface area contributed by atoms with Crippen LogP contribution in [-0.2, 0) is 0 Å². The highest BCUT2D eigenvalue weighted by atomic mass is 35.5. The van der Waals surface area contributed by atoms with Gasteiger partial charge in [0, 0.05) is 10.6 Å². The molecule has 0 fully saturated rings. The van der Waals surface area contributed by atoms with Crippen LogP contribution in [-0.4, -0.2) is 11.3 Å². The van der Waals surface area contributed by atoms with Crippen LogP contribution in [0.1, 0.15) is 37.0 Å². The fourth-order valence-electron chi connectivity index (χ4n) is 1.30. The van der Waals surface area contributed by atoms with Gasteiger partial charge in [-0.25, -0.2) is 0 Å². The Bertz CT molecular complexity index is 374. The highest BCUT2D eigenvalue weighted by Gasteiger charge is 2.40. The van der Waals surface area contributed by atoms with Crippen LogP contribution >= 0.6 is 11.6 Å². The van der Waals surface area contributed by atoms with Gasteiger partial charge in [0.25, 0.3) is 0 Å². The zero-order valence-corrected chi connectivity index (χ0v) is 9.60. The number of halogens is 4. The maximum absolute atomic E-state index is 12.3. The molecule has 90 valence electrons. The summed E-state index contributed by atoms with van der Waals surface area (Å²) in [6, 6.07) is 4.22. The summed E-state index contributed by atoms with van der Waals surface area (Å²) in [6.45, 7) is 3.82. The van der Waals surface area contributed by atoms with E-state index >= 15 is 0 Å². The van der Waals surface area contributed by atoms with E-state index in [1.807, 2.05) is 13.8 Å². The van der Waals surface area contributed by atoms with Gasteiger partial charge in [-0.2, -0.15) is 13.2 Å². The molecule has 0 bridgehead atoms. The molecule has 1 rings (SSSR count). The van der Waals surface area contributed by atoms with Crippen molar-refractivity contribution in [3.8, 4) is 0 Å². The Balaban J connectivity index is 3.09. The largest absolute Gasteiger partial charge is 0.418 e. The molecule has 0 aliphatic heterocycles. The van der Waals surface area contributed by atoms with E-state index in [0.717, 1.165) is 5.56 Å². The summed E-state index contributed by atoms with van der Waals surface area (Å²) in [6.07, 6.45) is -7.22. The summed E-state index contributed by atoms with van der Waals surface area (Å²) in [5.41, 5.74) is 0.529. The quantitative estimate of drug-likeness (QED) is 0.842. The number of hydrogen-bond acceptors (Lipinski definition) is 1. The zero-order chi connectivity index (χ0) is 12.5. The molecule has 0 aliphatic carbocycles. The molecule has 1 atom stereocenters. The molecule has 1 nitrogen and oxygen atoms in total. The fraction of sp³-hybridized carbons (Fsp3) is 0.455. The van der Waals surface area contributed by atoms with E-state index in [1.54, 1.807) is 6.07 Å². The van der Waals surface area contributed by atoms with E-state index in [-0.39, 0.29) is 16.5 Å². The molecule has 0 spiro atoms. The Hall–Kier alpha value is -0.740. The maximum Gasteiger partial charge on any atom is 0.418 e. The Labute approximate surface area is 96.9 Å². The standard InChI is InChI=1S/C11H12ClF3O/c1-6(2)7-3-4-8(9(12)5-7)10(16)11(13,14)15/h3-6,10,16H,1-2H3. The van der Waals surface area contributed by atoms with Crippen LogP contribution in [0.4, 0.5) is 13.2 Å². The summed E-state index contributed by atoms with van der Waals surface area (Å²) in [4.78, 5) is 0. The number of aliphatic hydroxyl groups excluding tert-OH is 1. The van der Waals surface area contributed by atoms with Crippen molar-refractivity contribution in [1.82, 2.24) is 0 Å². The molecule has 1 unspecified atom stereocenters. The number of hydrogen-bond donors (Lipinski definition) is 1. The second-order valence-electron chi connectivity index (χ2n) is 3.88. The van der Waals surface area contributed by atoms with Gasteiger partial charge in [0.05, 0.1) is 0 Å². The first kappa shape index (κ1) is 13.3. The Morgan fingerprint density at radius 1 is 1.25 bits per heavy atom. The van der Waals surface area contributed by atoms with Gasteiger partial charge in [0.15, 0.2) is 6.10 Å². The first-order chi connectivity index (χ1) is 7.23. The van der Waals surface area contributed by atoms with Gasteiger partial charge in [-0.15, -0.1) is 0 Å².